The molecule has 32 heavy (non-hydrogen) atoms. The summed E-state index contributed by atoms with van der Waals surface area (Å²) >= 11 is 0. The van der Waals surface area contributed by atoms with Crippen LogP contribution in [0.1, 0.15) is 17.2 Å². The van der Waals surface area contributed by atoms with E-state index in [1.807, 2.05) is 19.0 Å². The molecule has 0 aliphatic carbocycles. The lowest BCUT2D eigenvalue weighted by Gasteiger charge is -2.27. The van der Waals surface area contributed by atoms with Crippen LogP contribution in [0.3, 0.4) is 0 Å². The first-order valence-corrected chi connectivity index (χ1v) is 10.1. The number of amides is 1. The molecule has 1 heterocycles. The summed E-state index contributed by atoms with van der Waals surface area (Å²) in [7, 11) is 8.29. The number of Topliss-reactive ketones (excluding diaryl/α,β-unsaturated/α-hetero) is 1. The maximum absolute atomic E-state index is 13.1. The molecule has 170 valence electrons. The van der Waals surface area contributed by atoms with E-state index in [2.05, 4.69) is 0 Å². The molecule has 1 aliphatic heterocycles. The largest absolute Gasteiger partial charge is 0.507 e. The third-order valence-corrected chi connectivity index (χ3v) is 5.41. The Morgan fingerprint density at radius 3 is 2.25 bits per heavy atom. The molecule has 1 fully saturated rings. The first kappa shape index (κ1) is 23.1. The third kappa shape index (κ3) is 4.27. The molecule has 1 aliphatic rings. The number of carbonyl (C=O) groups is 2. The molecular formula is C24H28N2O6. The van der Waals surface area contributed by atoms with E-state index in [-0.39, 0.29) is 11.3 Å². The first-order chi connectivity index (χ1) is 15.3. The maximum atomic E-state index is 13.1. The number of likely N-dealkylation sites (N-methyl/N-ethyl adjacent to an activating group) is 1. The zero-order valence-corrected chi connectivity index (χ0v) is 18.9. The van der Waals surface area contributed by atoms with Gasteiger partial charge in [0.25, 0.3) is 11.7 Å². The molecule has 2 aromatic rings. The van der Waals surface area contributed by atoms with Crippen molar-refractivity contribution in [3.8, 4) is 17.2 Å². The fourth-order valence-electron chi connectivity index (χ4n) is 3.77. The third-order valence-electron chi connectivity index (χ3n) is 5.41. The average molecular weight is 440 g/mol. The summed E-state index contributed by atoms with van der Waals surface area (Å²) in [5.41, 5.74) is 0.966. The van der Waals surface area contributed by atoms with Crippen LogP contribution in [0.15, 0.2) is 48.0 Å². The van der Waals surface area contributed by atoms with Crippen molar-refractivity contribution < 1.29 is 28.9 Å². The number of methoxy groups -OCH3 is 3. The zero-order chi connectivity index (χ0) is 23.4. The lowest BCUT2D eigenvalue weighted by atomic mass is 9.94. The van der Waals surface area contributed by atoms with E-state index in [9.17, 15) is 14.7 Å². The Morgan fingerprint density at radius 2 is 1.62 bits per heavy atom. The lowest BCUT2D eigenvalue weighted by molar-refractivity contribution is -0.140. The summed E-state index contributed by atoms with van der Waals surface area (Å²) in [5.74, 6) is -0.315. The molecule has 1 saturated heterocycles. The molecule has 2 aromatic carbocycles. The van der Waals surface area contributed by atoms with Crippen molar-refractivity contribution >= 4 is 17.4 Å². The number of ketones is 1. The number of nitrogens with zero attached hydrogens (tertiary/aromatic N) is 2. The van der Waals surface area contributed by atoms with Crippen molar-refractivity contribution in [1.29, 1.82) is 0 Å². The molecule has 8 nitrogen and oxygen atoms in total. The topological polar surface area (TPSA) is 88.5 Å². The van der Waals surface area contributed by atoms with Crippen LogP contribution >= 0.6 is 0 Å². The maximum Gasteiger partial charge on any atom is 0.295 e. The molecule has 3 rings (SSSR count). The second kappa shape index (κ2) is 9.74. The molecule has 8 heteroatoms. The summed E-state index contributed by atoms with van der Waals surface area (Å²) in [6.07, 6.45) is 0. The van der Waals surface area contributed by atoms with Gasteiger partial charge in [-0.15, -0.1) is 0 Å². The van der Waals surface area contributed by atoms with Crippen molar-refractivity contribution in [3.05, 3.63) is 59.2 Å². The number of hydrogen-bond donors (Lipinski definition) is 1. The molecule has 1 unspecified atom stereocenters. The minimum atomic E-state index is -0.792. The average Bonchev–Trinajstić information content (AvgIpc) is 3.06. The van der Waals surface area contributed by atoms with E-state index in [4.69, 9.17) is 14.2 Å². The van der Waals surface area contributed by atoms with Gasteiger partial charge in [-0.25, -0.2) is 0 Å². The van der Waals surface area contributed by atoms with Crippen molar-refractivity contribution in [2.45, 2.75) is 6.04 Å². The number of hydrogen-bond acceptors (Lipinski definition) is 7. The highest BCUT2D eigenvalue weighted by Crippen LogP contribution is 2.42. The molecular weight excluding hydrogens is 412 g/mol. The highest BCUT2D eigenvalue weighted by atomic mass is 16.5. The summed E-state index contributed by atoms with van der Waals surface area (Å²) < 4.78 is 16.1. The van der Waals surface area contributed by atoms with Gasteiger partial charge in [0.2, 0.25) is 0 Å². The summed E-state index contributed by atoms with van der Waals surface area (Å²) in [5, 5.41) is 11.2. The Labute approximate surface area is 187 Å². The SMILES string of the molecule is COc1ccc(C2/C(=C(\O)c3ccccc3OC)C(=O)C(=O)N2CCN(C)C)cc1OC. The minimum Gasteiger partial charge on any atom is -0.507 e. The molecule has 0 bridgehead atoms. The van der Waals surface area contributed by atoms with Crippen LogP contribution in [-0.2, 0) is 9.59 Å². The normalized spacial score (nSPS) is 17.7. The second-order valence-corrected chi connectivity index (χ2v) is 7.61. The molecule has 0 radical (unpaired) electrons. The zero-order valence-electron chi connectivity index (χ0n) is 18.9. The highest BCUT2D eigenvalue weighted by molar-refractivity contribution is 6.46. The standard InChI is InChI=1S/C24H28N2O6/c1-25(2)12-13-26-21(15-10-11-18(31-4)19(14-15)32-5)20(23(28)24(26)29)22(27)16-8-6-7-9-17(16)30-3/h6-11,14,21,27H,12-13H2,1-5H3/b22-20+. The van der Waals surface area contributed by atoms with Gasteiger partial charge in [0, 0.05) is 13.1 Å². The van der Waals surface area contributed by atoms with Crippen molar-refractivity contribution in [2.75, 3.05) is 48.5 Å². The van der Waals surface area contributed by atoms with Gasteiger partial charge in [0.15, 0.2) is 11.5 Å². The van der Waals surface area contributed by atoms with Crippen LogP contribution in [0.2, 0.25) is 0 Å². The van der Waals surface area contributed by atoms with Gasteiger partial charge < -0.3 is 29.1 Å². The number of rotatable bonds is 8. The van der Waals surface area contributed by atoms with Gasteiger partial charge in [0.05, 0.1) is 38.5 Å². The van der Waals surface area contributed by atoms with Gasteiger partial charge in [-0.3, -0.25) is 9.59 Å². The molecule has 0 saturated carbocycles. The molecule has 0 aromatic heterocycles. The van der Waals surface area contributed by atoms with E-state index in [1.54, 1.807) is 42.5 Å². The quantitative estimate of drug-likeness (QED) is 0.384. The smallest absolute Gasteiger partial charge is 0.295 e. The molecule has 0 spiro atoms. The van der Waals surface area contributed by atoms with E-state index < -0.39 is 17.7 Å². The van der Waals surface area contributed by atoms with Crippen molar-refractivity contribution in [2.24, 2.45) is 0 Å². The summed E-state index contributed by atoms with van der Waals surface area (Å²) in [6.45, 7) is 0.852. The van der Waals surface area contributed by atoms with Crippen LogP contribution in [0, 0.1) is 0 Å². The fourth-order valence-corrected chi connectivity index (χ4v) is 3.77. The van der Waals surface area contributed by atoms with Crippen molar-refractivity contribution in [3.63, 3.8) is 0 Å². The minimum absolute atomic E-state index is 0.00507. The highest BCUT2D eigenvalue weighted by Gasteiger charge is 2.46. The van der Waals surface area contributed by atoms with Gasteiger partial charge in [0.1, 0.15) is 11.5 Å². The number of para-hydroxylation sites is 1. The molecule has 1 N–H and O–H groups in total. The van der Waals surface area contributed by atoms with Crippen LogP contribution in [0.25, 0.3) is 5.76 Å². The predicted molar refractivity (Wildman–Crippen MR) is 120 cm³/mol. The number of ether oxygens (including phenoxy) is 3. The number of aliphatic hydroxyl groups is 1. The first-order valence-electron chi connectivity index (χ1n) is 10.1. The number of carbonyl (C=O) groups excluding carboxylic acids is 2. The summed E-state index contributed by atoms with van der Waals surface area (Å²) in [6, 6.07) is 11.2. The Hall–Kier alpha value is -3.52. The number of benzene rings is 2. The predicted octanol–water partition coefficient (Wildman–Crippen LogP) is 2.70. The van der Waals surface area contributed by atoms with Gasteiger partial charge in [-0.1, -0.05) is 18.2 Å². The monoisotopic (exact) mass is 440 g/mol. The Morgan fingerprint density at radius 1 is 0.969 bits per heavy atom. The number of aliphatic hydroxyl groups excluding tert-OH is 1. The van der Waals surface area contributed by atoms with Crippen LogP contribution in [0.4, 0.5) is 0 Å². The molecule has 1 atom stereocenters. The second-order valence-electron chi connectivity index (χ2n) is 7.61. The Kier molecular flexibility index (Phi) is 7.05. The van der Waals surface area contributed by atoms with E-state index in [0.29, 0.717) is 41.5 Å². The van der Waals surface area contributed by atoms with Gasteiger partial charge in [-0.2, -0.15) is 0 Å². The van der Waals surface area contributed by atoms with Gasteiger partial charge in [-0.05, 0) is 43.9 Å². The van der Waals surface area contributed by atoms with E-state index in [0.717, 1.165) is 0 Å². The Bertz CT molecular complexity index is 1050. The van der Waals surface area contributed by atoms with E-state index >= 15 is 0 Å². The van der Waals surface area contributed by atoms with Crippen LogP contribution < -0.4 is 14.2 Å². The Balaban J connectivity index is 2.22. The number of likely N-dealkylation sites (tertiary alicyclic amines) is 1. The molecule has 1 amide bonds. The fraction of sp³-hybridized carbons (Fsp3) is 0.333. The van der Waals surface area contributed by atoms with Crippen LogP contribution in [-0.4, -0.2) is 75.1 Å². The van der Waals surface area contributed by atoms with Crippen molar-refractivity contribution in [1.82, 2.24) is 9.80 Å². The van der Waals surface area contributed by atoms with Crippen LogP contribution in [0.5, 0.6) is 17.2 Å². The van der Waals surface area contributed by atoms with Gasteiger partial charge >= 0.3 is 0 Å². The van der Waals surface area contributed by atoms with E-state index in [1.165, 1.54) is 26.2 Å². The lowest BCUT2D eigenvalue weighted by Crippen LogP contribution is -2.35. The summed E-state index contributed by atoms with van der Waals surface area (Å²) in [4.78, 5) is 29.5.